The predicted molar refractivity (Wildman–Crippen MR) is 78.9 cm³/mol. The van der Waals surface area contributed by atoms with E-state index in [1.165, 1.54) is 5.56 Å². The number of hydrogen-bond donors (Lipinski definition) is 0. The minimum atomic E-state index is -0.0294. The first-order chi connectivity index (χ1) is 9.69. The van der Waals surface area contributed by atoms with E-state index in [9.17, 15) is 4.79 Å². The van der Waals surface area contributed by atoms with Gasteiger partial charge in [-0.3, -0.25) is 4.79 Å². The predicted octanol–water partition coefficient (Wildman–Crippen LogP) is 2.64. The Morgan fingerprint density at radius 2 is 2.10 bits per heavy atom. The van der Waals surface area contributed by atoms with Crippen LogP contribution in [-0.4, -0.2) is 42.0 Å². The number of hydrogen-bond acceptors (Lipinski definition) is 2. The van der Waals surface area contributed by atoms with Gasteiger partial charge in [-0.2, -0.15) is 0 Å². The van der Waals surface area contributed by atoms with Gasteiger partial charge in [0.15, 0.2) is 0 Å². The molecule has 0 aromatic heterocycles. The lowest BCUT2D eigenvalue weighted by Crippen LogP contribution is -2.50. The van der Waals surface area contributed by atoms with Crippen molar-refractivity contribution < 1.29 is 9.53 Å². The monoisotopic (exact) mass is 293 g/mol. The van der Waals surface area contributed by atoms with Crippen molar-refractivity contribution in [3.63, 3.8) is 0 Å². The molecule has 0 bridgehead atoms. The van der Waals surface area contributed by atoms with E-state index in [1.54, 1.807) is 0 Å². The maximum absolute atomic E-state index is 12.6. The quantitative estimate of drug-likeness (QED) is 0.802. The maximum Gasteiger partial charge on any atom is 0.226 e. The standard InChI is InChI=1S/C16H20ClNO2/c1-11-9-18(10-13(8-17)20-11)16(19)15-7-14(15)12-5-3-2-4-6-12/h2-6,11,13-15H,7-10H2,1H3. The summed E-state index contributed by atoms with van der Waals surface area (Å²) in [5.74, 6) is 1.26. The van der Waals surface area contributed by atoms with Crippen LogP contribution in [0.15, 0.2) is 30.3 Å². The molecular formula is C16H20ClNO2. The molecule has 3 rings (SSSR count). The normalized spacial score (nSPS) is 33.0. The van der Waals surface area contributed by atoms with Crippen molar-refractivity contribution in [1.82, 2.24) is 4.90 Å². The van der Waals surface area contributed by atoms with Crippen LogP contribution in [0, 0.1) is 5.92 Å². The minimum absolute atomic E-state index is 0.0294. The number of carbonyl (C=O) groups is 1. The average molecular weight is 294 g/mol. The number of ether oxygens (including phenoxy) is 1. The van der Waals surface area contributed by atoms with Crippen LogP contribution in [0.2, 0.25) is 0 Å². The van der Waals surface area contributed by atoms with Gasteiger partial charge in [0.25, 0.3) is 0 Å². The molecule has 20 heavy (non-hydrogen) atoms. The van der Waals surface area contributed by atoms with Crippen LogP contribution in [0.4, 0.5) is 0 Å². The van der Waals surface area contributed by atoms with Crippen LogP contribution in [0.1, 0.15) is 24.8 Å². The van der Waals surface area contributed by atoms with E-state index < -0.39 is 0 Å². The van der Waals surface area contributed by atoms with Crippen LogP contribution < -0.4 is 0 Å². The summed E-state index contributed by atoms with van der Waals surface area (Å²) in [5, 5.41) is 0. The second kappa shape index (κ2) is 5.74. The summed E-state index contributed by atoms with van der Waals surface area (Å²) in [6, 6.07) is 10.3. The van der Waals surface area contributed by atoms with Crippen LogP contribution >= 0.6 is 11.6 Å². The van der Waals surface area contributed by atoms with Gasteiger partial charge in [-0.1, -0.05) is 30.3 Å². The number of halogens is 1. The first-order valence-electron chi connectivity index (χ1n) is 7.24. The van der Waals surface area contributed by atoms with Gasteiger partial charge in [0.05, 0.1) is 18.1 Å². The van der Waals surface area contributed by atoms with Crippen LogP contribution in [0.5, 0.6) is 0 Å². The van der Waals surface area contributed by atoms with Gasteiger partial charge in [0.1, 0.15) is 0 Å². The van der Waals surface area contributed by atoms with Crippen molar-refractivity contribution in [3.05, 3.63) is 35.9 Å². The number of amides is 1. The topological polar surface area (TPSA) is 29.5 Å². The van der Waals surface area contributed by atoms with E-state index in [0.717, 1.165) is 6.42 Å². The lowest BCUT2D eigenvalue weighted by atomic mass is 10.1. The molecule has 2 aliphatic rings. The molecule has 0 N–H and O–H groups in total. The number of nitrogens with zero attached hydrogens (tertiary/aromatic N) is 1. The molecule has 1 aromatic rings. The second-order valence-corrected chi connectivity index (χ2v) is 6.13. The van der Waals surface area contributed by atoms with E-state index >= 15 is 0 Å². The van der Waals surface area contributed by atoms with Gasteiger partial charge in [-0.15, -0.1) is 11.6 Å². The highest BCUT2D eigenvalue weighted by atomic mass is 35.5. The third kappa shape index (κ3) is 2.84. The number of rotatable bonds is 3. The molecule has 4 heteroatoms. The van der Waals surface area contributed by atoms with Crippen LogP contribution in [0.25, 0.3) is 0 Å². The van der Waals surface area contributed by atoms with Crippen molar-refractivity contribution in [2.45, 2.75) is 31.5 Å². The van der Waals surface area contributed by atoms with Gasteiger partial charge in [0.2, 0.25) is 5.91 Å². The molecule has 0 radical (unpaired) electrons. The molecule has 1 heterocycles. The summed E-state index contributed by atoms with van der Waals surface area (Å²) in [7, 11) is 0. The third-order valence-electron chi connectivity index (χ3n) is 4.15. The van der Waals surface area contributed by atoms with Gasteiger partial charge >= 0.3 is 0 Å². The number of benzene rings is 1. The summed E-state index contributed by atoms with van der Waals surface area (Å²) >= 11 is 5.87. The minimum Gasteiger partial charge on any atom is -0.370 e. The van der Waals surface area contributed by atoms with E-state index in [0.29, 0.717) is 24.9 Å². The molecular weight excluding hydrogens is 274 g/mol. The fourth-order valence-corrected chi connectivity index (χ4v) is 3.25. The number of carbonyl (C=O) groups excluding carboxylic acids is 1. The molecule has 1 saturated carbocycles. The smallest absolute Gasteiger partial charge is 0.226 e. The summed E-state index contributed by atoms with van der Waals surface area (Å²) < 4.78 is 5.70. The molecule has 3 nitrogen and oxygen atoms in total. The zero-order chi connectivity index (χ0) is 14.1. The Balaban J connectivity index is 1.63. The van der Waals surface area contributed by atoms with Gasteiger partial charge < -0.3 is 9.64 Å². The van der Waals surface area contributed by atoms with Gasteiger partial charge in [0, 0.05) is 19.0 Å². The first-order valence-corrected chi connectivity index (χ1v) is 7.77. The van der Waals surface area contributed by atoms with Crippen molar-refractivity contribution in [2.24, 2.45) is 5.92 Å². The summed E-state index contributed by atoms with van der Waals surface area (Å²) in [6.45, 7) is 3.31. The molecule has 4 atom stereocenters. The Hall–Kier alpha value is -1.06. The SMILES string of the molecule is CC1CN(C(=O)C2CC2c2ccccc2)CC(CCl)O1. The summed E-state index contributed by atoms with van der Waals surface area (Å²) in [5.41, 5.74) is 1.28. The Kier molecular flexibility index (Phi) is 3.99. The van der Waals surface area contributed by atoms with Crippen LogP contribution in [0.3, 0.4) is 0 Å². The maximum atomic E-state index is 12.6. The molecule has 1 aromatic carbocycles. The van der Waals surface area contributed by atoms with E-state index in [1.807, 2.05) is 30.0 Å². The molecule has 108 valence electrons. The Bertz CT molecular complexity index is 479. The third-order valence-corrected chi connectivity index (χ3v) is 4.49. The number of morpholine rings is 1. The Morgan fingerprint density at radius 3 is 2.80 bits per heavy atom. The molecule has 1 aliphatic carbocycles. The van der Waals surface area contributed by atoms with E-state index in [4.69, 9.17) is 16.3 Å². The van der Waals surface area contributed by atoms with Gasteiger partial charge in [-0.25, -0.2) is 0 Å². The zero-order valence-corrected chi connectivity index (χ0v) is 12.4. The molecule has 1 aliphatic heterocycles. The molecule has 4 unspecified atom stereocenters. The van der Waals surface area contributed by atoms with Crippen molar-refractivity contribution in [3.8, 4) is 0 Å². The Labute approximate surface area is 124 Å². The fraction of sp³-hybridized carbons (Fsp3) is 0.562. The van der Waals surface area contributed by atoms with Crippen molar-refractivity contribution in [2.75, 3.05) is 19.0 Å². The highest BCUT2D eigenvalue weighted by Crippen LogP contribution is 2.48. The Morgan fingerprint density at radius 1 is 1.35 bits per heavy atom. The van der Waals surface area contributed by atoms with E-state index in [-0.39, 0.29) is 24.0 Å². The van der Waals surface area contributed by atoms with Crippen LogP contribution in [-0.2, 0) is 9.53 Å². The van der Waals surface area contributed by atoms with Crippen molar-refractivity contribution >= 4 is 17.5 Å². The largest absolute Gasteiger partial charge is 0.370 e. The summed E-state index contributed by atoms with van der Waals surface area (Å²) in [6.07, 6.45) is 1.02. The highest BCUT2D eigenvalue weighted by molar-refractivity contribution is 6.18. The summed E-state index contributed by atoms with van der Waals surface area (Å²) in [4.78, 5) is 14.5. The molecule has 0 spiro atoms. The van der Waals surface area contributed by atoms with Crippen molar-refractivity contribution in [1.29, 1.82) is 0 Å². The lowest BCUT2D eigenvalue weighted by Gasteiger charge is -2.36. The average Bonchev–Trinajstić information content (AvgIpc) is 3.27. The number of alkyl halides is 1. The molecule has 1 amide bonds. The van der Waals surface area contributed by atoms with E-state index in [2.05, 4.69) is 12.1 Å². The van der Waals surface area contributed by atoms with Gasteiger partial charge in [-0.05, 0) is 24.8 Å². The first kappa shape index (κ1) is 13.9. The molecule has 1 saturated heterocycles. The molecule has 2 fully saturated rings. The highest BCUT2D eigenvalue weighted by Gasteiger charge is 2.46. The zero-order valence-electron chi connectivity index (χ0n) is 11.7. The second-order valence-electron chi connectivity index (χ2n) is 5.83. The lowest BCUT2D eigenvalue weighted by molar-refractivity contribution is -0.144. The fourth-order valence-electron chi connectivity index (χ4n) is 3.08.